The van der Waals surface area contributed by atoms with Crippen LogP contribution in [0.15, 0.2) is 84.9 Å². The summed E-state index contributed by atoms with van der Waals surface area (Å²) in [5.74, 6) is 0. The van der Waals surface area contributed by atoms with E-state index in [1.165, 1.54) is 11.1 Å². The molecule has 4 heteroatoms. The fourth-order valence-electron chi connectivity index (χ4n) is 4.38. The van der Waals surface area contributed by atoms with Crippen LogP contribution in [0.2, 0.25) is 5.02 Å². The standard InChI is InChI=1S/C27H31ClN2O/c28-26-13-11-25(12-14-26)27(31)15-17-29(18-16-27)19-20-30(21-23-7-3-1-4-8-23)22-24-9-5-2-6-10-24/h1-14,31H,15-22H2. The first-order chi connectivity index (χ1) is 15.1. The van der Waals surface area contributed by atoms with Crippen molar-refractivity contribution in [2.75, 3.05) is 26.2 Å². The maximum absolute atomic E-state index is 11.1. The van der Waals surface area contributed by atoms with Gasteiger partial charge in [-0.25, -0.2) is 0 Å². The predicted octanol–water partition coefficient (Wildman–Crippen LogP) is 5.33. The van der Waals surface area contributed by atoms with Gasteiger partial charge in [0.2, 0.25) is 0 Å². The first-order valence-electron chi connectivity index (χ1n) is 11.1. The van der Waals surface area contributed by atoms with Gasteiger partial charge in [-0.15, -0.1) is 0 Å². The van der Waals surface area contributed by atoms with Gasteiger partial charge in [-0.3, -0.25) is 4.90 Å². The molecule has 4 rings (SSSR count). The van der Waals surface area contributed by atoms with E-state index in [9.17, 15) is 5.11 Å². The van der Waals surface area contributed by atoms with Crippen molar-refractivity contribution < 1.29 is 5.11 Å². The number of nitrogens with zero attached hydrogens (tertiary/aromatic N) is 2. The van der Waals surface area contributed by atoms with Crippen LogP contribution in [-0.4, -0.2) is 41.1 Å². The summed E-state index contributed by atoms with van der Waals surface area (Å²) < 4.78 is 0. The topological polar surface area (TPSA) is 26.7 Å². The fraction of sp³-hybridized carbons (Fsp3) is 0.333. The van der Waals surface area contributed by atoms with E-state index in [0.717, 1.165) is 57.7 Å². The molecule has 1 N–H and O–H groups in total. The first-order valence-corrected chi connectivity index (χ1v) is 11.5. The summed E-state index contributed by atoms with van der Waals surface area (Å²) in [5, 5.41) is 11.8. The van der Waals surface area contributed by atoms with E-state index >= 15 is 0 Å². The number of piperidine rings is 1. The number of halogens is 1. The Labute approximate surface area is 190 Å². The SMILES string of the molecule is OC1(c2ccc(Cl)cc2)CCN(CCN(Cc2ccccc2)Cc2ccccc2)CC1. The molecule has 31 heavy (non-hydrogen) atoms. The van der Waals surface area contributed by atoms with Gasteiger partial charge in [0.05, 0.1) is 5.60 Å². The van der Waals surface area contributed by atoms with E-state index in [4.69, 9.17) is 11.6 Å². The summed E-state index contributed by atoms with van der Waals surface area (Å²) in [6.45, 7) is 5.71. The van der Waals surface area contributed by atoms with Crippen LogP contribution < -0.4 is 0 Å². The number of aliphatic hydroxyl groups is 1. The summed E-state index contributed by atoms with van der Waals surface area (Å²) in [6.07, 6.45) is 1.51. The zero-order valence-electron chi connectivity index (χ0n) is 18.0. The summed E-state index contributed by atoms with van der Waals surface area (Å²) >= 11 is 6.01. The molecule has 0 bridgehead atoms. The van der Waals surface area contributed by atoms with Gasteiger partial charge < -0.3 is 10.0 Å². The van der Waals surface area contributed by atoms with Gasteiger partial charge in [-0.2, -0.15) is 0 Å². The monoisotopic (exact) mass is 434 g/mol. The van der Waals surface area contributed by atoms with Crippen LogP contribution in [-0.2, 0) is 18.7 Å². The third-order valence-electron chi connectivity index (χ3n) is 6.30. The van der Waals surface area contributed by atoms with Crippen molar-refractivity contribution in [3.8, 4) is 0 Å². The van der Waals surface area contributed by atoms with Crippen LogP contribution in [0.25, 0.3) is 0 Å². The molecule has 162 valence electrons. The Balaban J connectivity index is 1.34. The summed E-state index contributed by atoms with van der Waals surface area (Å²) in [7, 11) is 0. The van der Waals surface area contributed by atoms with Crippen molar-refractivity contribution in [2.45, 2.75) is 31.5 Å². The van der Waals surface area contributed by atoms with Crippen LogP contribution in [0.1, 0.15) is 29.5 Å². The zero-order valence-corrected chi connectivity index (χ0v) is 18.7. The smallest absolute Gasteiger partial charge is 0.0920 e. The average molecular weight is 435 g/mol. The molecule has 1 aliphatic heterocycles. The third kappa shape index (κ3) is 6.18. The Morgan fingerprint density at radius 1 is 0.774 bits per heavy atom. The molecule has 3 nitrogen and oxygen atoms in total. The number of hydrogen-bond donors (Lipinski definition) is 1. The van der Waals surface area contributed by atoms with Crippen molar-refractivity contribution >= 4 is 11.6 Å². The van der Waals surface area contributed by atoms with Gasteiger partial charge in [-0.05, 0) is 41.7 Å². The molecule has 0 amide bonds. The fourth-order valence-corrected chi connectivity index (χ4v) is 4.50. The summed E-state index contributed by atoms with van der Waals surface area (Å²) in [5.41, 5.74) is 2.92. The number of hydrogen-bond acceptors (Lipinski definition) is 3. The van der Waals surface area contributed by atoms with Crippen LogP contribution in [0.4, 0.5) is 0 Å². The van der Waals surface area contributed by atoms with Crippen molar-refractivity contribution in [1.82, 2.24) is 9.80 Å². The van der Waals surface area contributed by atoms with Gasteiger partial charge in [0.1, 0.15) is 0 Å². The molecular weight excluding hydrogens is 404 g/mol. The lowest BCUT2D eigenvalue weighted by Gasteiger charge is -2.39. The lowest BCUT2D eigenvalue weighted by Crippen LogP contribution is -2.45. The molecule has 0 radical (unpaired) electrons. The highest BCUT2D eigenvalue weighted by molar-refractivity contribution is 6.30. The van der Waals surface area contributed by atoms with Gasteiger partial charge in [0.15, 0.2) is 0 Å². The maximum Gasteiger partial charge on any atom is 0.0920 e. The second-order valence-electron chi connectivity index (χ2n) is 8.56. The molecule has 0 spiro atoms. The van der Waals surface area contributed by atoms with Crippen molar-refractivity contribution in [3.63, 3.8) is 0 Å². The summed E-state index contributed by atoms with van der Waals surface area (Å²) in [4.78, 5) is 5.00. The van der Waals surface area contributed by atoms with Crippen LogP contribution in [0.3, 0.4) is 0 Å². The Kier molecular flexibility index (Phi) is 7.41. The van der Waals surface area contributed by atoms with E-state index < -0.39 is 5.60 Å². The molecule has 3 aromatic rings. The predicted molar refractivity (Wildman–Crippen MR) is 128 cm³/mol. The molecular formula is C27H31ClN2O. The molecule has 3 aromatic carbocycles. The summed E-state index contributed by atoms with van der Waals surface area (Å²) in [6, 6.07) is 29.0. The molecule has 0 aromatic heterocycles. The molecule has 1 fully saturated rings. The van der Waals surface area contributed by atoms with Crippen LogP contribution >= 0.6 is 11.6 Å². The Morgan fingerprint density at radius 2 is 1.29 bits per heavy atom. The molecule has 0 atom stereocenters. The molecule has 1 aliphatic rings. The minimum atomic E-state index is -0.741. The largest absolute Gasteiger partial charge is 0.385 e. The number of rotatable bonds is 8. The van der Waals surface area contributed by atoms with Gasteiger partial charge >= 0.3 is 0 Å². The highest BCUT2D eigenvalue weighted by Gasteiger charge is 2.33. The Bertz CT molecular complexity index is 881. The lowest BCUT2D eigenvalue weighted by molar-refractivity contribution is -0.0275. The minimum Gasteiger partial charge on any atom is -0.385 e. The van der Waals surface area contributed by atoms with E-state index in [-0.39, 0.29) is 0 Å². The first kappa shape index (κ1) is 22.0. The molecule has 1 heterocycles. The van der Waals surface area contributed by atoms with E-state index in [0.29, 0.717) is 5.02 Å². The van der Waals surface area contributed by atoms with Crippen molar-refractivity contribution in [2.24, 2.45) is 0 Å². The van der Waals surface area contributed by atoms with Gasteiger partial charge in [0.25, 0.3) is 0 Å². The Hall–Kier alpha value is -2.17. The minimum absolute atomic E-state index is 0.710. The highest BCUT2D eigenvalue weighted by Crippen LogP contribution is 2.33. The van der Waals surface area contributed by atoms with E-state index in [2.05, 4.69) is 70.5 Å². The van der Waals surface area contributed by atoms with Crippen molar-refractivity contribution in [1.29, 1.82) is 0 Å². The van der Waals surface area contributed by atoms with Gasteiger partial charge in [0, 0.05) is 44.3 Å². The molecule has 0 aliphatic carbocycles. The second kappa shape index (κ2) is 10.4. The highest BCUT2D eigenvalue weighted by atomic mass is 35.5. The quantitative estimate of drug-likeness (QED) is 0.519. The maximum atomic E-state index is 11.1. The molecule has 0 saturated carbocycles. The zero-order chi connectivity index (χ0) is 21.5. The van der Waals surface area contributed by atoms with Gasteiger partial charge in [-0.1, -0.05) is 84.4 Å². The van der Waals surface area contributed by atoms with Crippen LogP contribution in [0, 0.1) is 0 Å². The lowest BCUT2D eigenvalue weighted by atomic mass is 9.84. The molecule has 0 unspecified atom stereocenters. The van der Waals surface area contributed by atoms with E-state index in [1.54, 1.807) is 0 Å². The van der Waals surface area contributed by atoms with Crippen LogP contribution in [0.5, 0.6) is 0 Å². The molecule has 1 saturated heterocycles. The third-order valence-corrected chi connectivity index (χ3v) is 6.55. The average Bonchev–Trinajstić information content (AvgIpc) is 2.80. The van der Waals surface area contributed by atoms with E-state index in [1.807, 2.05) is 24.3 Å². The number of likely N-dealkylation sites (tertiary alicyclic amines) is 1. The second-order valence-corrected chi connectivity index (χ2v) is 9.00. The number of benzene rings is 3. The van der Waals surface area contributed by atoms with Crippen molar-refractivity contribution in [3.05, 3.63) is 107 Å². The Morgan fingerprint density at radius 3 is 1.81 bits per heavy atom. The normalized spacial score (nSPS) is 16.5.